The Bertz CT molecular complexity index is 1180. The number of benzene rings is 2. The van der Waals surface area contributed by atoms with E-state index in [9.17, 15) is 13.2 Å². The lowest BCUT2D eigenvalue weighted by atomic mass is 10.2. The van der Waals surface area contributed by atoms with Crippen LogP contribution < -0.4 is 14.8 Å². The lowest BCUT2D eigenvalue weighted by Gasteiger charge is -2.08. The second-order valence-electron chi connectivity index (χ2n) is 6.22. The molecule has 0 fully saturated rings. The molecule has 1 amide bonds. The lowest BCUT2D eigenvalue weighted by Crippen LogP contribution is -2.15. The normalized spacial score (nSPS) is 11.3. The van der Waals surface area contributed by atoms with Crippen molar-refractivity contribution in [1.82, 2.24) is 9.97 Å². The number of amides is 1. The minimum atomic E-state index is -3.84. The lowest BCUT2D eigenvalue weighted by molar-refractivity contribution is -0.111. The van der Waals surface area contributed by atoms with Crippen molar-refractivity contribution in [3.63, 3.8) is 0 Å². The van der Waals surface area contributed by atoms with E-state index in [2.05, 4.69) is 20.0 Å². The molecule has 8 nitrogen and oxygen atoms in total. The zero-order chi connectivity index (χ0) is 21.6. The Morgan fingerprint density at radius 1 is 1.07 bits per heavy atom. The van der Waals surface area contributed by atoms with Gasteiger partial charge in [0.25, 0.3) is 10.0 Å². The fourth-order valence-electron chi connectivity index (χ4n) is 2.55. The molecule has 0 radical (unpaired) electrons. The van der Waals surface area contributed by atoms with Gasteiger partial charge in [-0.3, -0.25) is 4.79 Å². The number of hydrogen-bond acceptors (Lipinski definition) is 6. The van der Waals surface area contributed by atoms with Gasteiger partial charge in [0.2, 0.25) is 11.9 Å². The molecule has 30 heavy (non-hydrogen) atoms. The maximum atomic E-state index is 12.5. The van der Waals surface area contributed by atoms with Crippen molar-refractivity contribution in [3.8, 4) is 5.75 Å². The molecule has 0 aliphatic heterocycles. The molecule has 2 aromatic carbocycles. The van der Waals surface area contributed by atoms with E-state index in [0.29, 0.717) is 17.1 Å². The molecule has 3 rings (SSSR count). The van der Waals surface area contributed by atoms with Crippen molar-refractivity contribution >= 4 is 33.6 Å². The van der Waals surface area contributed by atoms with Gasteiger partial charge < -0.3 is 10.1 Å². The average Bonchev–Trinajstić information content (AvgIpc) is 2.72. The number of ether oxygens (including phenoxy) is 1. The number of nitrogens with one attached hydrogen (secondary N) is 2. The van der Waals surface area contributed by atoms with Gasteiger partial charge in [0, 0.05) is 29.2 Å². The number of nitrogens with zero attached hydrogens (tertiary/aromatic N) is 2. The molecule has 0 atom stereocenters. The fraction of sp³-hybridized carbons (Fsp3) is 0.0952. The summed E-state index contributed by atoms with van der Waals surface area (Å²) in [5.41, 5.74) is 1.86. The number of para-hydroxylation sites is 1. The highest BCUT2D eigenvalue weighted by Gasteiger charge is 2.15. The van der Waals surface area contributed by atoms with Crippen molar-refractivity contribution in [1.29, 1.82) is 0 Å². The Morgan fingerprint density at radius 2 is 1.80 bits per heavy atom. The zero-order valence-electron chi connectivity index (χ0n) is 16.4. The van der Waals surface area contributed by atoms with Crippen LogP contribution >= 0.6 is 0 Å². The standard InChI is InChI=1S/C21H20N4O4S/c1-15-13-14-22-21(23-15)25-30(27,28)18-10-8-17(9-11-18)24-20(26)12-7-16-5-3-4-6-19(16)29-2/h3-14H,1-2H3,(H,24,26)(H,22,23,25)/b12-7+. The monoisotopic (exact) mass is 424 g/mol. The minimum Gasteiger partial charge on any atom is -0.496 e. The third kappa shape index (κ3) is 5.42. The van der Waals surface area contributed by atoms with E-state index in [-0.39, 0.29) is 16.8 Å². The molecule has 1 heterocycles. The smallest absolute Gasteiger partial charge is 0.264 e. The number of aryl methyl sites for hydroxylation is 1. The summed E-state index contributed by atoms with van der Waals surface area (Å²) < 4.78 is 32.5. The molecule has 0 aliphatic rings. The van der Waals surface area contributed by atoms with Crippen LogP contribution in [0.1, 0.15) is 11.3 Å². The molecule has 2 N–H and O–H groups in total. The van der Waals surface area contributed by atoms with Crippen molar-refractivity contribution < 1.29 is 17.9 Å². The van der Waals surface area contributed by atoms with Gasteiger partial charge in [0.1, 0.15) is 5.75 Å². The molecule has 0 saturated carbocycles. The van der Waals surface area contributed by atoms with Gasteiger partial charge in [0.15, 0.2) is 0 Å². The average molecular weight is 424 g/mol. The number of sulfonamides is 1. The molecule has 0 saturated heterocycles. The molecule has 0 bridgehead atoms. The summed E-state index contributed by atoms with van der Waals surface area (Å²) in [7, 11) is -2.29. The highest BCUT2D eigenvalue weighted by molar-refractivity contribution is 7.92. The summed E-state index contributed by atoms with van der Waals surface area (Å²) in [6, 6.07) is 14.7. The van der Waals surface area contributed by atoms with Crippen LogP contribution in [0.15, 0.2) is 71.8 Å². The maximum Gasteiger partial charge on any atom is 0.264 e. The van der Waals surface area contributed by atoms with Crippen LogP contribution in [0, 0.1) is 6.92 Å². The fourth-order valence-corrected chi connectivity index (χ4v) is 3.50. The van der Waals surface area contributed by atoms with Gasteiger partial charge in [-0.05, 0) is 49.4 Å². The molecule has 3 aromatic rings. The zero-order valence-corrected chi connectivity index (χ0v) is 17.2. The number of carbonyl (C=O) groups is 1. The number of aromatic nitrogens is 2. The van der Waals surface area contributed by atoms with Crippen molar-refractivity contribution in [3.05, 3.63) is 78.1 Å². The largest absolute Gasteiger partial charge is 0.496 e. The van der Waals surface area contributed by atoms with E-state index in [0.717, 1.165) is 5.56 Å². The van der Waals surface area contributed by atoms with Gasteiger partial charge in [-0.1, -0.05) is 18.2 Å². The van der Waals surface area contributed by atoms with Crippen LogP contribution in [0.2, 0.25) is 0 Å². The number of methoxy groups -OCH3 is 1. The highest BCUT2D eigenvalue weighted by atomic mass is 32.2. The summed E-state index contributed by atoms with van der Waals surface area (Å²) >= 11 is 0. The molecule has 0 aliphatic carbocycles. The minimum absolute atomic E-state index is 0.00569. The molecule has 9 heteroatoms. The van der Waals surface area contributed by atoms with Crippen LogP contribution in [0.3, 0.4) is 0 Å². The summed E-state index contributed by atoms with van der Waals surface area (Å²) in [6.07, 6.45) is 4.48. The Kier molecular flexibility index (Phi) is 6.43. The Hall–Kier alpha value is -3.72. The predicted molar refractivity (Wildman–Crippen MR) is 115 cm³/mol. The van der Waals surface area contributed by atoms with Gasteiger partial charge in [-0.2, -0.15) is 0 Å². The Labute approximate surface area is 174 Å². The van der Waals surface area contributed by atoms with Gasteiger partial charge in [0.05, 0.1) is 12.0 Å². The van der Waals surface area contributed by atoms with Gasteiger partial charge >= 0.3 is 0 Å². The van der Waals surface area contributed by atoms with Gasteiger partial charge in [-0.25, -0.2) is 23.1 Å². The van der Waals surface area contributed by atoms with Crippen molar-refractivity contribution in [2.45, 2.75) is 11.8 Å². The summed E-state index contributed by atoms with van der Waals surface area (Å²) in [5, 5.41) is 2.68. The number of rotatable bonds is 7. The SMILES string of the molecule is COc1ccccc1/C=C/C(=O)Nc1ccc(S(=O)(=O)Nc2nccc(C)n2)cc1. The van der Waals surface area contributed by atoms with E-state index in [1.807, 2.05) is 18.2 Å². The highest BCUT2D eigenvalue weighted by Crippen LogP contribution is 2.19. The molecular formula is C21H20N4O4S. The topological polar surface area (TPSA) is 110 Å². The van der Waals surface area contributed by atoms with E-state index < -0.39 is 10.0 Å². The predicted octanol–water partition coefficient (Wildman–Crippen LogP) is 3.25. The molecule has 0 unspecified atom stereocenters. The van der Waals surface area contributed by atoms with Crippen molar-refractivity contribution in [2.24, 2.45) is 0 Å². The maximum absolute atomic E-state index is 12.5. The van der Waals surface area contributed by atoms with Crippen LogP contribution in [0.4, 0.5) is 11.6 Å². The summed E-state index contributed by atoms with van der Waals surface area (Å²) in [5.74, 6) is 0.290. The van der Waals surface area contributed by atoms with Crippen molar-refractivity contribution in [2.75, 3.05) is 17.1 Å². The first-order valence-corrected chi connectivity index (χ1v) is 10.4. The Morgan fingerprint density at radius 3 is 2.50 bits per heavy atom. The van der Waals surface area contributed by atoms with E-state index in [1.54, 1.807) is 32.2 Å². The van der Waals surface area contributed by atoms with Crippen LogP contribution in [-0.2, 0) is 14.8 Å². The van der Waals surface area contributed by atoms with Crippen LogP contribution in [0.25, 0.3) is 6.08 Å². The third-order valence-corrected chi connectivity index (χ3v) is 5.35. The first-order chi connectivity index (χ1) is 14.4. The van der Waals surface area contributed by atoms with Gasteiger partial charge in [-0.15, -0.1) is 0 Å². The van der Waals surface area contributed by atoms with E-state index in [4.69, 9.17) is 4.74 Å². The number of anilines is 2. The molecule has 1 aromatic heterocycles. The molecular weight excluding hydrogens is 404 g/mol. The van der Waals surface area contributed by atoms with E-state index in [1.165, 1.54) is 36.5 Å². The molecule has 154 valence electrons. The van der Waals surface area contributed by atoms with Crippen LogP contribution in [-0.4, -0.2) is 31.4 Å². The third-order valence-electron chi connectivity index (χ3n) is 4.01. The quantitative estimate of drug-likeness (QED) is 0.564. The first kappa shape index (κ1) is 21.0. The first-order valence-electron chi connectivity index (χ1n) is 8.92. The second kappa shape index (κ2) is 9.19. The number of hydrogen-bond donors (Lipinski definition) is 2. The Balaban J connectivity index is 1.66. The molecule has 0 spiro atoms. The second-order valence-corrected chi connectivity index (χ2v) is 7.90. The number of carbonyl (C=O) groups excluding carboxylic acids is 1. The summed E-state index contributed by atoms with van der Waals surface area (Å²) in [6.45, 7) is 1.74. The van der Waals surface area contributed by atoms with E-state index >= 15 is 0 Å². The summed E-state index contributed by atoms with van der Waals surface area (Å²) in [4.78, 5) is 20.1. The van der Waals surface area contributed by atoms with Crippen LogP contribution in [0.5, 0.6) is 5.75 Å².